The molecule has 0 aliphatic carbocycles. The maximum absolute atomic E-state index is 12.1. The Bertz CT molecular complexity index is 851. The summed E-state index contributed by atoms with van der Waals surface area (Å²) in [6.45, 7) is 1.57. The van der Waals surface area contributed by atoms with Crippen molar-refractivity contribution in [3.05, 3.63) is 58.1 Å². The van der Waals surface area contributed by atoms with Gasteiger partial charge in [0.25, 0.3) is 11.6 Å². The van der Waals surface area contributed by atoms with E-state index in [0.717, 1.165) is 0 Å². The number of methoxy groups -OCH3 is 1. The van der Waals surface area contributed by atoms with Gasteiger partial charge in [0.2, 0.25) is 0 Å². The van der Waals surface area contributed by atoms with Gasteiger partial charge < -0.3 is 19.5 Å². The second-order valence-electron chi connectivity index (χ2n) is 5.20. The molecule has 0 bridgehead atoms. The van der Waals surface area contributed by atoms with Gasteiger partial charge in [0.05, 0.1) is 24.2 Å². The van der Waals surface area contributed by atoms with Crippen LogP contribution in [-0.2, 0) is 9.53 Å². The predicted octanol–water partition coefficient (Wildman–Crippen LogP) is 2.80. The Balaban J connectivity index is 2.00. The number of amides is 1. The van der Waals surface area contributed by atoms with Crippen molar-refractivity contribution in [1.29, 1.82) is 0 Å². The van der Waals surface area contributed by atoms with Crippen LogP contribution in [-0.4, -0.2) is 37.1 Å². The molecule has 0 aromatic heterocycles. The number of benzene rings is 2. The van der Waals surface area contributed by atoms with Crippen LogP contribution in [0, 0.1) is 10.1 Å². The van der Waals surface area contributed by atoms with Crippen molar-refractivity contribution in [2.45, 2.75) is 6.92 Å². The van der Waals surface area contributed by atoms with Gasteiger partial charge in [-0.05, 0) is 31.2 Å². The van der Waals surface area contributed by atoms with Gasteiger partial charge in [0.15, 0.2) is 18.1 Å². The summed E-state index contributed by atoms with van der Waals surface area (Å²) in [6.07, 6.45) is 0. The molecule has 0 spiro atoms. The molecule has 0 heterocycles. The number of nitro groups is 1. The largest absolute Gasteiger partial charge is 0.493 e. The van der Waals surface area contributed by atoms with Crippen LogP contribution in [0.25, 0.3) is 0 Å². The molecule has 2 aromatic rings. The molecule has 0 aliphatic heterocycles. The highest BCUT2D eigenvalue weighted by atomic mass is 16.6. The van der Waals surface area contributed by atoms with E-state index in [2.05, 4.69) is 5.32 Å². The zero-order valence-corrected chi connectivity index (χ0v) is 14.8. The fourth-order valence-electron chi connectivity index (χ4n) is 2.21. The molecule has 2 rings (SSSR count). The fourth-order valence-corrected chi connectivity index (χ4v) is 2.21. The average molecular weight is 374 g/mol. The van der Waals surface area contributed by atoms with E-state index in [1.165, 1.54) is 37.4 Å². The number of nitrogens with one attached hydrogen (secondary N) is 1. The molecule has 0 radical (unpaired) electrons. The zero-order valence-electron chi connectivity index (χ0n) is 14.8. The van der Waals surface area contributed by atoms with Gasteiger partial charge in [-0.3, -0.25) is 14.9 Å². The third kappa shape index (κ3) is 5.18. The summed E-state index contributed by atoms with van der Waals surface area (Å²) in [5.41, 5.74) is -0.0574. The molecule has 0 fully saturated rings. The summed E-state index contributed by atoms with van der Waals surface area (Å²) in [6, 6.07) is 10.1. The summed E-state index contributed by atoms with van der Waals surface area (Å²) in [5, 5.41) is 13.3. The molecular weight excluding hydrogens is 356 g/mol. The minimum atomic E-state index is -0.740. The molecule has 9 nitrogen and oxygen atoms in total. The molecule has 142 valence electrons. The minimum absolute atomic E-state index is 0.0200. The smallest absolute Gasteiger partial charge is 0.338 e. The summed E-state index contributed by atoms with van der Waals surface area (Å²) in [7, 11) is 1.48. The van der Waals surface area contributed by atoms with Gasteiger partial charge in [0, 0.05) is 6.07 Å². The second kappa shape index (κ2) is 9.18. The van der Waals surface area contributed by atoms with Crippen LogP contribution < -0.4 is 14.8 Å². The Morgan fingerprint density at radius 2 is 1.89 bits per heavy atom. The maximum Gasteiger partial charge on any atom is 0.338 e. The van der Waals surface area contributed by atoms with Gasteiger partial charge in [0.1, 0.15) is 5.69 Å². The van der Waals surface area contributed by atoms with Crippen LogP contribution in [0.3, 0.4) is 0 Å². The van der Waals surface area contributed by atoms with E-state index in [9.17, 15) is 19.7 Å². The van der Waals surface area contributed by atoms with E-state index in [4.69, 9.17) is 14.2 Å². The molecule has 0 saturated heterocycles. The molecule has 0 atom stereocenters. The number of nitrogens with zero attached hydrogens (tertiary/aromatic N) is 1. The Hall–Kier alpha value is -3.62. The summed E-state index contributed by atoms with van der Waals surface area (Å²) >= 11 is 0. The first-order chi connectivity index (χ1) is 13.0. The SMILES string of the molecule is CCOc1cc(C(=O)OCC(=O)Nc2ccccc2[N+](=O)[O-])ccc1OC. The van der Waals surface area contributed by atoms with Crippen molar-refractivity contribution >= 4 is 23.3 Å². The van der Waals surface area contributed by atoms with Gasteiger partial charge in [-0.2, -0.15) is 0 Å². The zero-order chi connectivity index (χ0) is 19.8. The lowest BCUT2D eigenvalue weighted by Crippen LogP contribution is -2.21. The molecule has 1 amide bonds. The number of nitro benzene ring substituents is 1. The van der Waals surface area contributed by atoms with Crippen molar-refractivity contribution in [3.63, 3.8) is 0 Å². The number of rotatable bonds is 8. The molecule has 1 N–H and O–H groups in total. The van der Waals surface area contributed by atoms with Crippen LogP contribution in [0.15, 0.2) is 42.5 Å². The molecule has 0 aliphatic rings. The third-order valence-corrected chi connectivity index (χ3v) is 3.41. The Morgan fingerprint density at radius 3 is 2.56 bits per heavy atom. The number of carbonyl (C=O) groups excluding carboxylic acids is 2. The van der Waals surface area contributed by atoms with E-state index in [1.807, 2.05) is 0 Å². The second-order valence-corrected chi connectivity index (χ2v) is 5.20. The number of hydrogen-bond donors (Lipinski definition) is 1. The van der Waals surface area contributed by atoms with Gasteiger partial charge >= 0.3 is 5.97 Å². The Kier molecular flexibility index (Phi) is 6.70. The first-order valence-corrected chi connectivity index (χ1v) is 7.97. The number of carbonyl (C=O) groups is 2. The van der Waals surface area contributed by atoms with E-state index in [-0.39, 0.29) is 16.9 Å². The molecule has 9 heteroatoms. The molecular formula is C18H18N2O7. The van der Waals surface area contributed by atoms with Crippen molar-refractivity contribution in [2.75, 3.05) is 25.6 Å². The minimum Gasteiger partial charge on any atom is -0.493 e. The van der Waals surface area contributed by atoms with E-state index in [0.29, 0.717) is 18.1 Å². The van der Waals surface area contributed by atoms with Gasteiger partial charge in [-0.15, -0.1) is 0 Å². The van der Waals surface area contributed by atoms with Crippen molar-refractivity contribution in [2.24, 2.45) is 0 Å². The Labute approximate surface area is 155 Å². The quantitative estimate of drug-likeness (QED) is 0.429. The van der Waals surface area contributed by atoms with Crippen molar-refractivity contribution in [3.8, 4) is 11.5 Å². The number of para-hydroxylation sites is 2. The number of anilines is 1. The van der Waals surface area contributed by atoms with Crippen LogP contribution >= 0.6 is 0 Å². The normalized spacial score (nSPS) is 10.0. The number of hydrogen-bond acceptors (Lipinski definition) is 7. The summed E-state index contributed by atoms with van der Waals surface area (Å²) in [4.78, 5) is 34.4. The predicted molar refractivity (Wildman–Crippen MR) is 96.2 cm³/mol. The van der Waals surface area contributed by atoms with E-state index >= 15 is 0 Å². The van der Waals surface area contributed by atoms with Crippen LogP contribution in [0.1, 0.15) is 17.3 Å². The fraction of sp³-hybridized carbons (Fsp3) is 0.222. The van der Waals surface area contributed by atoms with Crippen molar-refractivity contribution < 1.29 is 28.7 Å². The summed E-state index contributed by atoms with van der Waals surface area (Å²) < 4.78 is 15.5. The van der Waals surface area contributed by atoms with Crippen LogP contribution in [0.2, 0.25) is 0 Å². The van der Waals surface area contributed by atoms with Gasteiger partial charge in [-0.1, -0.05) is 12.1 Å². The lowest BCUT2D eigenvalue weighted by molar-refractivity contribution is -0.383. The van der Waals surface area contributed by atoms with Crippen LogP contribution in [0.5, 0.6) is 11.5 Å². The standard InChI is InChI=1S/C18H18N2O7/c1-3-26-16-10-12(8-9-15(16)25-2)18(22)27-11-17(21)19-13-6-4-5-7-14(13)20(23)24/h4-10H,3,11H2,1-2H3,(H,19,21). The lowest BCUT2D eigenvalue weighted by atomic mass is 10.2. The topological polar surface area (TPSA) is 117 Å². The molecule has 0 unspecified atom stereocenters. The monoisotopic (exact) mass is 374 g/mol. The van der Waals surface area contributed by atoms with Crippen molar-refractivity contribution in [1.82, 2.24) is 0 Å². The van der Waals surface area contributed by atoms with E-state index in [1.54, 1.807) is 19.1 Å². The van der Waals surface area contributed by atoms with E-state index < -0.39 is 23.4 Å². The highest BCUT2D eigenvalue weighted by Gasteiger charge is 2.17. The number of ether oxygens (including phenoxy) is 3. The Morgan fingerprint density at radius 1 is 1.15 bits per heavy atom. The third-order valence-electron chi connectivity index (χ3n) is 3.41. The molecule has 2 aromatic carbocycles. The lowest BCUT2D eigenvalue weighted by Gasteiger charge is -2.11. The first-order valence-electron chi connectivity index (χ1n) is 7.97. The number of esters is 1. The first kappa shape index (κ1) is 19.7. The summed E-state index contributed by atoms with van der Waals surface area (Å²) in [5.74, 6) is -0.603. The van der Waals surface area contributed by atoms with Gasteiger partial charge in [-0.25, -0.2) is 4.79 Å². The molecule has 27 heavy (non-hydrogen) atoms. The molecule has 0 saturated carbocycles. The van der Waals surface area contributed by atoms with Crippen LogP contribution in [0.4, 0.5) is 11.4 Å². The highest BCUT2D eigenvalue weighted by molar-refractivity contribution is 5.97. The highest BCUT2D eigenvalue weighted by Crippen LogP contribution is 2.28. The maximum atomic E-state index is 12.1. The average Bonchev–Trinajstić information content (AvgIpc) is 2.66.